The topological polar surface area (TPSA) is 54.4 Å². The molecule has 4 saturated carbocycles. The molecule has 5 aliphatic carbocycles. The van der Waals surface area contributed by atoms with E-state index in [-0.39, 0.29) is 50.6 Å². The lowest BCUT2D eigenvalue weighted by Gasteiger charge is -2.71. The summed E-state index contributed by atoms with van der Waals surface area (Å²) in [5, 5.41) is 11.3. The van der Waals surface area contributed by atoms with Crippen molar-refractivity contribution < 1.29 is 14.7 Å². The van der Waals surface area contributed by atoms with Crippen molar-refractivity contribution in [1.29, 1.82) is 0 Å². The Morgan fingerprint density at radius 2 is 1.65 bits per heavy atom. The van der Waals surface area contributed by atoms with Crippen LogP contribution in [0, 0.1) is 56.7 Å². The van der Waals surface area contributed by atoms with Crippen molar-refractivity contribution >= 4 is 11.6 Å². The molecule has 0 saturated heterocycles. The fraction of sp³-hybridized carbons (Fsp3) is 0.871. The fourth-order valence-corrected chi connectivity index (χ4v) is 11.0. The number of hydrogen-bond acceptors (Lipinski definition) is 3. The Bertz CT molecular complexity index is 946. The molecule has 0 heterocycles. The summed E-state index contributed by atoms with van der Waals surface area (Å²) in [6.07, 6.45) is 10.1. The number of aliphatic hydroxyl groups excluding tert-OH is 1. The average Bonchev–Trinajstić information content (AvgIpc) is 2.74. The summed E-state index contributed by atoms with van der Waals surface area (Å²) in [4.78, 5) is 25.5. The van der Waals surface area contributed by atoms with Crippen LogP contribution in [0.3, 0.4) is 0 Å². The zero-order chi connectivity index (χ0) is 25.1. The van der Waals surface area contributed by atoms with Gasteiger partial charge in [0.1, 0.15) is 11.6 Å². The van der Waals surface area contributed by atoms with Gasteiger partial charge in [0.15, 0.2) is 0 Å². The first kappa shape index (κ1) is 24.7. The molecule has 10 atom stereocenters. The first-order chi connectivity index (χ1) is 15.6. The molecule has 0 aromatic rings. The molecule has 0 aliphatic heterocycles. The van der Waals surface area contributed by atoms with E-state index in [1.165, 1.54) is 6.42 Å². The first-order valence-electron chi connectivity index (χ1n) is 14.1. The van der Waals surface area contributed by atoms with Crippen molar-refractivity contribution in [2.45, 2.75) is 113 Å². The van der Waals surface area contributed by atoms with Crippen molar-refractivity contribution in [2.24, 2.45) is 56.7 Å². The zero-order valence-corrected chi connectivity index (χ0v) is 23.0. The van der Waals surface area contributed by atoms with Gasteiger partial charge in [-0.25, -0.2) is 0 Å². The Morgan fingerprint density at radius 3 is 2.29 bits per heavy atom. The molecule has 1 N–H and O–H groups in total. The minimum absolute atomic E-state index is 0.0414. The lowest BCUT2D eigenvalue weighted by Crippen LogP contribution is -2.65. The number of carbonyl (C=O) groups excluding carboxylic acids is 2. The summed E-state index contributed by atoms with van der Waals surface area (Å²) >= 11 is 0. The summed E-state index contributed by atoms with van der Waals surface area (Å²) in [5.41, 5.74) is 1.67. The summed E-state index contributed by atoms with van der Waals surface area (Å²) < 4.78 is 0. The monoisotopic (exact) mass is 468 g/mol. The molecule has 5 rings (SSSR count). The molecule has 3 nitrogen and oxygen atoms in total. The predicted molar refractivity (Wildman–Crippen MR) is 136 cm³/mol. The molecular weight excluding hydrogens is 420 g/mol. The number of fused-ring (bicyclic) bond motifs is 7. The van der Waals surface area contributed by atoms with Crippen LogP contribution in [0.4, 0.5) is 0 Å². The van der Waals surface area contributed by atoms with Gasteiger partial charge in [-0.05, 0) is 91.8 Å². The quantitative estimate of drug-likeness (QED) is 0.432. The second-order valence-electron chi connectivity index (χ2n) is 14.8. The normalized spacial score (nSPS) is 54.1. The van der Waals surface area contributed by atoms with Crippen molar-refractivity contribution in [1.82, 2.24) is 0 Å². The van der Waals surface area contributed by atoms with E-state index in [4.69, 9.17) is 0 Å². The highest BCUT2D eigenvalue weighted by Crippen LogP contribution is 2.75. The van der Waals surface area contributed by atoms with Gasteiger partial charge >= 0.3 is 0 Å². The second-order valence-corrected chi connectivity index (χ2v) is 14.8. The highest BCUT2D eigenvalue weighted by molar-refractivity contribution is 5.85. The molecule has 0 aromatic heterocycles. The second kappa shape index (κ2) is 7.30. The third-order valence-electron chi connectivity index (χ3n) is 13.4. The van der Waals surface area contributed by atoms with Gasteiger partial charge in [-0.1, -0.05) is 60.1 Å². The Hall–Kier alpha value is -0.960. The third-order valence-corrected chi connectivity index (χ3v) is 13.4. The Kier molecular flexibility index (Phi) is 5.31. The van der Waals surface area contributed by atoms with Crippen LogP contribution in [0.15, 0.2) is 11.6 Å². The lowest BCUT2D eigenvalue weighted by molar-refractivity contribution is -0.192. The van der Waals surface area contributed by atoms with Gasteiger partial charge in [0.05, 0.1) is 6.10 Å². The van der Waals surface area contributed by atoms with Crippen molar-refractivity contribution in [3.8, 4) is 0 Å². The number of hydrogen-bond donors (Lipinski definition) is 1. The lowest BCUT2D eigenvalue weighted by atomic mass is 9.33. The number of carbonyl (C=O) groups is 2. The smallest absolute Gasteiger partial charge is 0.138 e. The van der Waals surface area contributed by atoms with Crippen LogP contribution in [0.1, 0.15) is 107 Å². The summed E-state index contributed by atoms with van der Waals surface area (Å²) in [5.74, 6) is 2.25. The molecule has 190 valence electrons. The minimum Gasteiger partial charge on any atom is -0.393 e. The fourth-order valence-electron chi connectivity index (χ4n) is 11.0. The van der Waals surface area contributed by atoms with Gasteiger partial charge < -0.3 is 5.11 Å². The molecule has 4 fully saturated rings. The van der Waals surface area contributed by atoms with E-state index in [2.05, 4.69) is 54.5 Å². The molecule has 0 amide bonds. The molecule has 34 heavy (non-hydrogen) atoms. The van der Waals surface area contributed by atoms with Gasteiger partial charge in [-0.15, -0.1) is 0 Å². The number of Topliss-reactive ketones (excluding diaryl/α,β-unsaturated/α-hetero) is 2. The number of ketones is 2. The summed E-state index contributed by atoms with van der Waals surface area (Å²) in [6, 6.07) is 0. The first-order valence-corrected chi connectivity index (χ1v) is 14.1. The standard InChI is InChI=1S/C31H48O3/c1-18-20(19(2)32)17-25(34)29(6)15-16-30(7)21(26(18)29)9-10-23-28(5)13-12-24(33)27(3,4)22(28)11-14-31(23,30)8/h9,18,20,22-23,25-26,34H,10-17H2,1-8H3/t18-,20+,22-,23+,25-,26-,28-,29-,30+,31+/m0/s1. The van der Waals surface area contributed by atoms with E-state index in [1.807, 2.05) is 0 Å². The molecular formula is C31H48O3. The van der Waals surface area contributed by atoms with Crippen LogP contribution >= 0.6 is 0 Å². The zero-order valence-electron chi connectivity index (χ0n) is 23.0. The number of allylic oxidation sites excluding steroid dienone is 2. The number of rotatable bonds is 1. The molecule has 5 aliphatic rings. The van der Waals surface area contributed by atoms with Crippen molar-refractivity contribution in [3.05, 3.63) is 11.6 Å². The molecule has 0 aromatic carbocycles. The van der Waals surface area contributed by atoms with E-state index >= 15 is 0 Å². The average molecular weight is 469 g/mol. The van der Waals surface area contributed by atoms with Gasteiger partial charge in [0, 0.05) is 23.2 Å². The Labute approximate surface area is 207 Å². The maximum atomic E-state index is 12.9. The predicted octanol–water partition coefficient (Wildman–Crippen LogP) is 6.77. The van der Waals surface area contributed by atoms with Gasteiger partial charge in [-0.2, -0.15) is 0 Å². The molecule has 0 radical (unpaired) electrons. The maximum Gasteiger partial charge on any atom is 0.138 e. The van der Waals surface area contributed by atoms with E-state index in [1.54, 1.807) is 12.5 Å². The largest absolute Gasteiger partial charge is 0.393 e. The highest BCUT2D eigenvalue weighted by atomic mass is 16.3. The van der Waals surface area contributed by atoms with E-state index in [0.717, 1.165) is 38.5 Å². The van der Waals surface area contributed by atoms with Crippen molar-refractivity contribution in [2.75, 3.05) is 0 Å². The van der Waals surface area contributed by atoms with Crippen LogP contribution in [0.2, 0.25) is 0 Å². The van der Waals surface area contributed by atoms with E-state index in [0.29, 0.717) is 24.0 Å². The van der Waals surface area contributed by atoms with Crippen LogP contribution in [0.5, 0.6) is 0 Å². The SMILES string of the molecule is CC(=O)[C@@H]1C[C@H](O)[C@]2(C)CC[C@]3(C)C(=CC[C@@H]4[C@@]5(C)CCC(=O)C(C)(C)[C@@H]5CC[C@]43C)[C@@H]2[C@H]1C. The molecule has 0 unspecified atom stereocenters. The van der Waals surface area contributed by atoms with Gasteiger partial charge in [0.25, 0.3) is 0 Å². The van der Waals surface area contributed by atoms with Crippen LogP contribution in [-0.2, 0) is 9.59 Å². The van der Waals surface area contributed by atoms with Gasteiger partial charge in [0.2, 0.25) is 0 Å². The Morgan fingerprint density at radius 1 is 0.971 bits per heavy atom. The molecule has 0 bridgehead atoms. The summed E-state index contributed by atoms with van der Waals surface area (Å²) in [7, 11) is 0. The van der Waals surface area contributed by atoms with Crippen LogP contribution in [-0.4, -0.2) is 22.8 Å². The van der Waals surface area contributed by atoms with E-state index < -0.39 is 6.10 Å². The van der Waals surface area contributed by atoms with Crippen LogP contribution < -0.4 is 0 Å². The maximum absolute atomic E-state index is 12.9. The molecule has 0 spiro atoms. The summed E-state index contributed by atoms with van der Waals surface area (Å²) in [6.45, 7) is 18.4. The third kappa shape index (κ3) is 2.80. The minimum atomic E-state index is -0.406. The number of aliphatic hydroxyl groups is 1. The van der Waals surface area contributed by atoms with Gasteiger partial charge in [-0.3, -0.25) is 9.59 Å². The van der Waals surface area contributed by atoms with E-state index in [9.17, 15) is 14.7 Å². The van der Waals surface area contributed by atoms with Crippen LogP contribution in [0.25, 0.3) is 0 Å². The Balaban J connectivity index is 1.60. The molecule has 3 heteroatoms. The van der Waals surface area contributed by atoms with Crippen molar-refractivity contribution in [3.63, 3.8) is 0 Å². The highest BCUT2D eigenvalue weighted by Gasteiger charge is 2.69.